The highest BCUT2D eigenvalue weighted by atomic mass is 32.3. The number of carbonyl (C=O) groups excluding carboxylic acids is 1. The Hall–Kier alpha value is -3.58. The van der Waals surface area contributed by atoms with Gasteiger partial charge in [-0.05, 0) is 59.0 Å². The molecule has 1 aromatic heterocycles. The van der Waals surface area contributed by atoms with Gasteiger partial charge in [0.25, 0.3) is 5.91 Å². The summed E-state index contributed by atoms with van der Waals surface area (Å²) in [7, 11) is 0.221. The van der Waals surface area contributed by atoms with Gasteiger partial charge in [-0.1, -0.05) is 26.8 Å². The SMILES string of the molecule is COc1c(NC(=O)c2ccc(C)c(Oc3cc(CN4CCN(C)CC4)ncn3)c2)cc(C(C)(C)C)cc1N[S+](C)(=O)O. The van der Waals surface area contributed by atoms with Gasteiger partial charge in [-0.25, -0.2) is 9.97 Å². The second-order valence-electron chi connectivity index (χ2n) is 11.7. The molecule has 1 aliphatic heterocycles. The van der Waals surface area contributed by atoms with Crippen molar-refractivity contribution < 1.29 is 23.0 Å². The van der Waals surface area contributed by atoms with Gasteiger partial charge >= 0.3 is 10.4 Å². The summed E-state index contributed by atoms with van der Waals surface area (Å²) in [6.07, 6.45) is 2.67. The molecule has 11 nitrogen and oxygen atoms in total. The number of benzene rings is 2. The Labute approximate surface area is 249 Å². The van der Waals surface area contributed by atoms with Gasteiger partial charge in [-0.3, -0.25) is 9.69 Å². The molecule has 1 fully saturated rings. The summed E-state index contributed by atoms with van der Waals surface area (Å²) in [5, 5.41) is 2.92. The van der Waals surface area contributed by atoms with Crippen LogP contribution in [0.3, 0.4) is 0 Å². The van der Waals surface area contributed by atoms with E-state index in [0.29, 0.717) is 35.1 Å². The van der Waals surface area contributed by atoms with E-state index in [-0.39, 0.29) is 11.2 Å². The van der Waals surface area contributed by atoms with Crippen molar-refractivity contribution in [3.63, 3.8) is 0 Å². The zero-order valence-corrected chi connectivity index (χ0v) is 26.2. The molecule has 0 aliphatic carbocycles. The molecule has 0 spiro atoms. The zero-order chi connectivity index (χ0) is 30.7. The van der Waals surface area contributed by atoms with Crippen molar-refractivity contribution in [3.8, 4) is 17.4 Å². The molecular formula is C30H41N6O5S+. The first kappa shape index (κ1) is 31.4. The van der Waals surface area contributed by atoms with Crippen LogP contribution >= 0.6 is 0 Å². The number of nitrogens with zero attached hydrogens (tertiary/aromatic N) is 4. The van der Waals surface area contributed by atoms with Crippen LogP contribution < -0.4 is 19.5 Å². The molecule has 1 aliphatic rings. The van der Waals surface area contributed by atoms with Crippen molar-refractivity contribution in [1.29, 1.82) is 0 Å². The number of amides is 1. The summed E-state index contributed by atoms with van der Waals surface area (Å²) < 4.78 is 36.4. The molecule has 12 heteroatoms. The van der Waals surface area contributed by atoms with Gasteiger partial charge in [0.2, 0.25) is 5.88 Å². The van der Waals surface area contributed by atoms with Crippen LogP contribution in [0.1, 0.15) is 48.0 Å². The lowest BCUT2D eigenvalue weighted by Gasteiger charge is -2.32. The first-order chi connectivity index (χ1) is 19.7. The lowest BCUT2D eigenvalue weighted by atomic mass is 9.86. The van der Waals surface area contributed by atoms with Gasteiger partial charge in [-0.2, -0.15) is 9.27 Å². The van der Waals surface area contributed by atoms with Crippen LogP contribution in [-0.2, 0) is 26.6 Å². The highest BCUT2D eigenvalue weighted by molar-refractivity contribution is 7.98. The topological polar surface area (TPSA) is 129 Å². The fraction of sp³-hybridized carbons (Fsp3) is 0.433. The predicted octanol–water partition coefficient (Wildman–Crippen LogP) is 4.81. The number of methoxy groups -OCH3 is 1. The fourth-order valence-electron chi connectivity index (χ4n) is 4.57. The standard InChI is InChI=1S/C30H40N6O5S/c1-20-8-9-21(14-26(20)41-27-17-23(31-19-32-27)18-36-12-10-35(5)11-13-36)29(37)33-24-15-22(30(2,3)4)16-25(28(24)40-6)34-42(7,38)39/h8-9,14-17,19H,10-13,18H2,1-7H3,(H2-,33,34,37,38,39)/p+1. The van der Waals surface area contributed by atoms with E-state index in [1.54, 1.807) is 18.2 Å². The van der Waals surface area contributed by atoms with Gasteiger partial charge in [0, 0.05) is 44.4 Å². The minimum Gasteiger partial charge on any atom is -0.492 e. The molecule has 3 aromatic rings. The van der Waals surface area contributed by atoms with Crippen LogP contribution in [0, 0.1) is 6.92 Å². The van der Waals surface area contributed by atoms with Crippen molar-refractivity contribution in [2.75, 3.05) is 56.6 Å². The molecule has 42 heavy (non-hydrogen) atoms. The third kappa shape index (κ3) is 8.25. The maximum absolute atomic E-state index is 13.5. The van der Waals surface area contributed by atoms with Gasteiger partial charge < -0.3 is 19.7 Å². The number of piperazine rings is 1. The van der Waals surface area contributed by atoms with E-state index in [0.717, 1.165) is 43.0 Å². The molecule has 4 rings (SSSR count). The highest BCUT2D eigenvalue weighted by Gasteiger charge is 2.26. The average molecular weight is 598 g/mol. The lowest BCUT2D eigenvalue weighted by Crippen LogP contribution is -2.44. The molecule has 2 heterocycles. The highest BCUT2D eigenvalue weighted by Crippen LogP contribution is 2.39. The number of aromatic nitrogens is 2. The molecular weight excluding hydrogens is 556 g/mol. The summed E-state index contributed by atoms with van der Waals surface area (Å²) >= 11 is 0. The second kappa shape index (κ2) is 12.7. The number of rotatable bonds is 9. The van der Waals surface area contributed by atoms with Crippen LogP contribution in [0.4, 0.5) is 11.4 Å². The van der Waals surface area contributed by atoms with Gasteiger partial charge in [-0.15, -0.1) is 0 Å². The number of aryl methyl sites for hydroxylation is 1. The molecule has 1 saturated heterocycles. The average Bonchev–Trinajstić information content (AvgIpc) is 2.90. The lowest BCUT2D eigenvalue weighted by molar-refractivity contribution is 0.102. The maximum Gasteiger partial charge on any atom is 0.307 e. The van der Waals surface area contributed by atoms with Gasteiger partial charge in [0.05, 0.1) is 18.5 Å². The predicted molar refractivity (Wildman–Crippen MR) is 166 cm³/mol. The largest absolute Gasteiger partial charge is 0.492 e. The number of hydrogen-bond donors (Lipinski definition) is 3. The van der Waals surface area contributed by atoms with Crippen LogP contribution in [-0.4, -0.2) is 76.8 Å². The quantitative estimate of drug-likeness (QED) is 0.298. The van der Waals surface area contributed by atoms with Crippen LogP contribution in [0.5, 0.6) is 17.4 Å². The normalized spacial score (nSPS) is 16.0. The number of nitrogens with one attached hydrogen (secondary N) is 2. The summed E-state index contributed by atoms with van der Waals surface area (Å²) in [5.74, 6) is 0.750. The third-order valence-electron chi connectivity index (χ3n) is 7.05. The molecule has 1 atom stereocenters. The third-order valence-corrected chi connectivity index (χ3v) is 7.65. The summed E-state index contributed by atoms with van der Waals surface area (Å²) in [6, 6.07) is 10.6. The van der Waals surface area contributed by atoms with E-state index < -0.39 is 16.3 Å². The molecule has 1 unspecified atom stereocenters. The van der Waals surface area contributed by atoms with Crippen LogP contribution in [0.15, 0.2) is 42.7 Å². The Morgan fingerprint density at radius 3 is 2.40 bits per heavy atom. The Bertz CT molecular complexity index is 1480. The number of carbonyl (C=O) groups is 1. The van der Waals surface area contributed by atoms with Crippen molar-refractivity contribution in [3.05, 3.63) is 65.1 Å². The summed E-state index contributed by atoms with van der Waals surface area (Å²) in [6.45, 7) is 12.6. The van der Waals surface area contributed by atoms with E-state index >= 15 is 0 Å². The minimum absolute atomic E-state index is 0.248. The van der Waals surface area contributed by atoms with Crippen molar-refractivity contribution in [2.24, 2.45) is 0 Å². The molecule has 1 amide bonds. The molecule has 226 valence electrons. The van der Waals surface area contributed by atoms with E-state index in [4.69, 9.17) is 9.47 Å². The Morgan fingerprint density at radius 2 is 1.76 bits per heavy atom. The number of hydrogen-bond acceptors (Lipinski definition) is 8. The molecule has 0 radical (unpaired) electrons. The molecule has 0 bridgehead atoms. The molecule has 0 saturated carbocycles. The second-order valence-corrected chi connectivity index (χ2v) is 13.5. The van der Waals surface area contributed by atoms with Gasteiger partial charge in [0.1, 0.15) is 17.8 Å². The van der Waals surface area contributed by atoms with Crippen molar-refractivity contribution in [1.82, 2.24) is 19.8 Å². The number of likely N-dealkylation sites (N-methyl/N-ethyl adjacent to an activating group) is 1. The summed E-state index contributed by atoms with van der Waals surface area (Å²) in [4.78, 5) is 26.8. The minimum atomic E-state index is -3.35. The Morgan fingerprint density at radius 1 is 1.07 bits per heavy atom. The number of anilines is 2. The van der Waals surface area contributed by atoms with Gasteiger partial charge in [0.15, 0.2) is 12.0 Å². The van der Waals surface area contributed by atoms with Crippen molar-refractivity contribution >= 4 is 27.7 Å². The zero-order valence-electron chi connectivity index (χ0n) is 25.4. The van der Waals surface area contributed by atoms with E-state index in [2.05, 4.69) is 36.9 Å². The molecule has 2 aromatic carbocycles. The monoisotopic (exact) mass is 597 g/mol. The van der Waals surface area contributed by atoms with Crippen molar-refractivity contribution in [2.45, 2.75) is 39.7 Å². The van der Waals surface area contributed by atoms with E-state index in [1.165, 1.54) is 19.7 Å². The Balaban J connectivity index is 1.56. The van der Waals surface area contributed by atoms with Crippen LogP contribution in [0.2, 0.25) is 0 Å². The maximum atomic E-state index is 13.5. The van der Waals surface area contributed by atoms with E-state index in [1.807, 2.05) is 45.9 Å². The van der Waals surface area contributed by atoms with E-state index in [9.17, 15) is 13.6 Å². The van der Waals surface area contributed by atoms with Crippen LogP contribution in [0.25, 0.3) is 0 Å². The first-order valence-electron chi connectivity index (χ1n) is 13.8. The smallest absolute Gasteiger partial charge is 0.307 e. The Kier molecular flexibility index (Phi) is 9.51. The first-order valence-corrected chi connectivity index (χ1v) is 15.7. The number of ether oxygens (including phenoxy) is 2. The molecule has 3 N–H and O–H groups in total. The fourth-order valence-corrected chi connectivity index (χ4v) is 5.13. The summed E-state index contributed by atoms with van der Waals surface area (Å²) in [5.41, 5.74) is 3.27.